The van der Waals surface area contributed by atoms with E-state index in [1.165, 1.54) is 0 Å². The summed E-state index contributed by atoms with van der Waals surface area (Å²) >= 11 is 0. The van der Waals surface area contributed by atoms with Gasteiger partial charge in [0.1, 0.15) is 5.82 Å². The van der Waals surface area contributed by atoms with Gasteiger partial charge in [-0.05, 0) is 6.42 Å². The van der Waals surface area contributed by atoms with E-state index >= 15 is 0 Å². The van der Waals surface area contributed by atoms with Crippen LogP contribution in [-0.2, 0) is 0 Å². The molecule has 0 aliphatic carbocycles. The minimum absolute atomic E-state index is 0.234. The molecule has 0 spiro atoms. The molecule has 126 valence electrons. The Kier molecular flexibility index (Phi) is 4.44. The number of rotatable bonds is 4. The number of aromatic nitrogens is 2. The quantitative estimate of drug-likeness (QED) is 0.793. The number of aliphatic hydroxyl groups excluding tert-OH is 1. The lowest BCUT2D eigenvalue weighted by Crippen LogP contribution is -2.22. The maximum absolute atomic E-state index is 9.39. The summed E-state index contributed by atoms with van der Waals surface area (Å²) in [6, 6.07) is 20.4. The Morgan fingerprint density at radius 2 is 1.56 bits per heavy atom. The van der Waals surface area contributed by atoms with Crippen molar-refractivity contribution in [1.29, 1.82) is 0 Å². The molecular formula is C21H21N3O. The predicted octanol–water partition coefficient (Wildman–Crippen LogP) is 3.63. The summed E-state index contributed by atoms with van der Waals surface area (Å²) in [5, 5.41) is 9.39. The summed E-state index contributed by atoms with van der Waals surface area (Å²) in [5.41, 5.74) is 3.92. The minimum Gasteiger partial charge on any atom is -0.396 e. The first-order valence-electron chi connectivity index (χ1n) is 8.69. The lowest BCUT2D eigenvalue weighted by molar-refractivity contribution is 0.238. The van der Waals surface area contributed by atoms with Gasteiger partial charge in [-0.2, -0.15) is 0 Å². The van der Waals surface area contributed by atoms with Crippen LogP contribution in [0, 0.1) is 5.92 Å². The first-order valence-corrected chi connectivity index (χ1v) is 8.69. The third-order valence-corrected chi connectivity index (χ3v) is 4.72. The van der Waals surface area contributed by atoms with Gasteiger partial charge < -0.3 is 10.0 Å². The van der Waals surface area contributed by atoms with Crippen LogP contribution in [0.5, 0.6) is 0 Å². The second kappa shape index (κ2) is 7.03. The Balaban J connectivity index is 1.78. The van der Waals surface area contributed by atoms with Crippen LogP contribution < -0.4 is 4.90 Å². The largest absolute Gasteiger partial charge is 0.396 e. The summed E-state index contributed by atoms with van der Waals surface area (Å²) < 4.78 is 0. The van der Waals surface area contributed by atoms with Gasteiger partial charge in [0.2, 0.25) is 0 Å². The van der Waals surface area contributed by atoms with Crippen molar-refractivity contribution in [3.05, 3.63) is 66.9 Å². The summed E-state index contributed by atoms with van der Waals surface area (Å²) in [4.78, 5) is 11.9. The molecule has 2 heterocycles. The smallest absolute Gasteiger partial charge is 0.147 e. The minimum atomic E-state index is 0.234. The van der Waals surface area contributed by atoms with Crippen LogP contribution in [0.15, 0.2) is 66.9 Å². The van der Waals surface area contributed by atoms with E-state index < -0.39 is 0 Å². The van der Waals surface area contributed by atoms with Crippen LogP contribution in [0.25, 0.3) is 22.5 Å². The van der Waals surface area contributed by atoms with E-state index in [2.05, 4.69) is 29.2 Å². The first kappa shape index (κ1) is 15.8. The maximum atomic E-state index is 9.39. The molecule has 0 amide bonds. The van der Waals surface area contributed by atoms with Crippen molar-refractivity contribution >= 4 is 5.82 Å². The van der Waals surface area contributed by atoms with Gasteiger partial charge in [-0.15, -0.1) is 0 Å². The second-order valence-electron chi connectivity index (χ2n) is 6.44. The zero-order chi connectivity index (χ0) is 17.1. The number of anilines is 1. The zero-order valence-electron chi connectivity index (χ0n) is 14.0. The Bertz CT molecular complexity index is 836. The molecule has 1 aliphatic rings. The predicted molar refractivity (Wildman–Crippen MR) is 100 cm³/mol. The molecule has 2 aromatic carbocycles. The van der Waals surface area contributed by atoms with E-state index in [0.29, 0.717) is 5.92 Å². The number of aliphatic hydroxyl groups is 1. The maximum Gasteiger partial charge on any atom is 0.147 e. The topological polar surface area (TPSA) is 49.2 Å². The average Bonchev–Trinajstić information content (AvgIpc) is 3.18. The van der Waals surface area contributed by atoms with Crippen molar-refractivity contribution in [3.63, 3.8) is 0 Å². The molecule has 1 aliphatic heterocycles. The van der Waals surface area contributed by atoms with Crippen molar-refractivity contribution in [2.75, 3.05) is 24.6 Å². The Morgan fingerprint density at radius 1 is 0.920 bits per heavy atom. The van der Waals surface area contributed by atoms with E-state index in [4.69, 9.17) is 9.97 Å². The van der Waals surface area contributed by atoms with Crippen molar-refractivity contribution in [2.45, 2.75) is 6.42 Å². The highest BCUT2D eigenvalue weighted by molar-refractivity contribution is 5.78. The highest BCUT2D eigenvalue weighted by Crippen LogP contribution is 2.31. The standard InChI is InChI=1S/C21H21N3O/c25-15-16-11-12-24(14-16)19-13-22-20(17-7-3-1-4-8-17)21(23-19)18-9-5-2-6-10-18/h1-10,13,16,25H,11-12,14-15H2. The molecule has 1 unspecified atom stereocenters. The van der Waals surface area contributed by atoms with Crippen molar-refractivity contribution < 1.29 is 5.11 Å². The molecule has 4 nitrogen and oxygen atoms in total. The monoisotopic (exact) mass is 331 g/mol. The fourth-order valence-corrected chi connectivity index (χ4v) is 3.33. The van der Waals surface area contributed by atoms with Crippen molar-refractivity contribution in [1.82, 2.24) is 9.97 Å². The molecule has 1 aromatic heterocycles. The summed E-state index contributed by atoms with van der Waals surface area (Å²) in [6.45, 7) is 1.99. The van der Waals surface area contributed by atoms with Crippen LogP contribution in [0.1, 0.15) is 6.42 Å². The van der Waals surface area contributed by atoms with Gasteiger partial charge in [-0.3, -0.25) is 4.98 Å². The third-order valence-electron chi connectivity index (χ3n) is 4.72. The van der Waals surface area contributed by atoms with E-state index in [0.717, 1.165) is 47.8 Å². The molecule has 25 heavy (non-hydrogen) atoms. The summed E-state index contributed by atoms with van der Waals surface area (Å²) in [7, 11) is 0. The third kappa shape index (κ3) is 3.26. The number of hydrogen-bond donors (Lipinski definition) is 1. The first-order chi connectivity index (χ1) is 12.3. The van der Waals surface area contributed by atoms with Crippen LogP contribution in [-0.4, -0.2) is 34.8 Å². The molecule has 0 saturated carbocycles. The SMILES string of the molecule is OCC1CCN(c2cnc(-c3ccccc3)c(-c3ccccc3)n2)C1. The molecule has 3 aromatic rings. The van der Waals surface area contributed by atoms with E-state index in [1.807, 2.05) is 42.6 Å². The van der Waals surface area contributed by atoms with Gasteiger partial charge >= 0.3 is 0 Å². The van der Waals surface area contributed by atoms with Crippen LogP contribution in [0.4, 0.5) is 5.82 Å². The van der Waals surface area contributed by atoms with Gasteiger partial charge in [0.05, 0.1) is 17.6 Å². The number of nitrogens with zero attached hydrogens (tertiary/aromatic N) is 3. The lowest BCUT2D eigenvalue weighted by Gasteiger charge is -2.19. The van der Waals surface area contributed by atoms with Gasteiger partial charge in [0.25, 0.3) is 0 Å². The Labute approximate surface area is 147 Å². The molecule has 4 heteroatoms. The molecule has 4 rings (SSSR count). The summed E-state index contributed by atoms with van der Waals surface area (Å²) in [6.07, 6.45) is 2.85. The van der Waals surface area contributed by atoms with Crippen LogP contribution in [0.2, 0.25) is 0 Å². The normalized spacial score (nSPS) is 17.0. The van der Waals surface area contributed by atoms with Crippen molar-refractivity contribution in [2.24, 2.45) is 5.92 Å². The molecule has 1 N–H and O–H groups in total. The van der Waals surface area contributed by atoms with E-state index in [1.54, 1.807) is 0 Å². The Hall–Kier alpha value is -2.72. The number of benzene rings is 2. The highest BCUT2D eigenvalue weighted by atomic mass is 16.3. The van der Waals surface area contributed by atoms with Crippen LogP contribution >= 0.6 is 0 Å². The highest BCUT2D eigenvalue weighted by Gasteiger charge is 2.24. The van der Waals surface area contributed by atoms with Gasteiger partial charge in [0, 0.05) is 36.7 Å². The molecular weight excluding hydrogens is 310 g/mol. The van der Waals surface area contributed by atoms with Gasteiger partial charge in [-0.1, -0.05) is 60.7 Å². The molecule has 1 fully saturated rings. The Morgan fingerprint density at radius 3 is 2.16 bits per heavy atom. The molecule has 0 radical (unpaired) electrons. The van der Waals surface area contributed by atoms with E-state index in [-0.39, 0.29) is 6.61 Å². The lowest BCUT2D eigenvalue weighted by atomic mass is 10.0. The zero-order valence-corrected chi connectivity index (χ0v) is 14.0. The molecule has 1 atom stereocenters. The molecule has 1 saturated heterocycles. The van der Waals surface area contributed by atoms with Crippen LogP contribution in [0.3, 0.4) is 0 Å². The second-order valence-corrected chi connectivity index (χ2v) is 6.44. The number of hydrogen-bond acceptors (Lipinski definition) is 4. The van der Waals surface area contributed by atoms with Crippen molar-refractivity contribution in [3.8, 4) is 22.5 Å². The average molecular weight is 331 g/mol. The molecule has 0 bridgehead atoms. The fourth-order valence-electron chi connectivity index (χ4n) is 3.33. The summed E-state index contributed by atoms with van der Waals surface area (Å²) in [5.74, 6) is 1.21. The van der Waals surface area contributed by atoms with Gasteiger partial charge in [-0.25, -0.2) is 4.98 Å². The van der Waals surface area contributed by atoms with Gasteiger partial charge in [0.15, 0.2) is 0 Å². The fraction of sp³-hybridized carbons (Fsp3) is 0.238. The van der Waals surface area contributed by atoms with E-state index in [9.17, 15) is 5.11 Å².